The summed E-state index contributed by atoms with van der Waals surface area (Å²) in [5.41, 5.74) is 1.31. The summed E-state index contributed by atoms with van der Waals surface area (Å²) in [6, 6.07) is 10.2. The maximum absolute atomic E-state index is 12.4. The summed E-state index contributed by atoms with van der Waals surface area (Å²) < 4.78 is 0. The molecule has 1 aromatic carbocycles. The molecule has 0 aliphatic carbocycles. The lowest BCUT2D eigenvalue weighted by Crippen LogP contribution is -2.57. The van der Waals surface area contributed by atoms with Crippen molar-refractivity contribution < 1.29 is 9.59 Å². The monoisotopic (exact) mass is 331 g/mol. The van der Waals surface area contributed by atoms with E-state index in [-0.39, 0.29) is 30.3 Å². The molecule has 0 spiro atoms. The van der Waals surface area contributed by atoms with Gasteiger partial charge >= 0.3 is 0 Å². The van der Waals surface area contributed by atoms with E-state index in [1.807, 2.05) is 32.0 Å². The first-order valence-corrected chi connectivity index (χ1v) is 8.80. The smallest absolute Gasteiger partial charge is 0.237 e. The van der Waals surface area contributed by atoms with Gasteiger partial charge in [-0.15, -0.1) is 0 Å². The van der Waals surface area contributed by atoms with Crippen LogP contribution in [0.3, 0.4) is 0 Å². The molecule has 1 aromatic rings. The van der Waals surface area contributed by atoms with Crippen LogP contribution in [0, 0.1) is 0 Å². The molecular formula is C19H29N3O2. The molecular weight excluding hydrogens is 302 g/mol. The molecule has 1 N–H and O–H groups in total. The summed E-state index contributed by atoms with van der Waals surface area (Å²) >= 11 is 0. The Bertz CT molecular complexity index is 545. The third kappa shape index (κ3) is 5.06. The van der Waals surface area contributed by atoms with E-state index in [4.69, 9.17) is 0 Å². The summed E-state index contributed by atoms with van der Waals surface area (Å²) in [6.45, 7) is 6.28. The highest BCUT2D eigenvalue weighted by molar-refractivity contribution is 5.88. The molecule has 0 saturated carbocycles. The molecule has 1 fully saturated rings. The van der Waals surface area contributed by atoms with E-state index in [0.717, 1.165) is 25.9 Å². The Morgan fingerprint density at radius 3 is 2.71 bits per heavy atom. The summed E-state index contributed by atoms with van der Waals surface area (Å²) in [4.78, 5) is 28.5. The van der Waals surface area contributed by atoms with Gasteiger partial charge in [-0.2, -0.15) is 0 Å². The Balaban J connectivity index is 1.90. The van der Waals surface area contributed by atoms with E-state index in [1.54, 1.807) is 11.9 Å². The van der Waals surface area contributed by atoms with E-state index in [2.05, 4.69) is 22.3 Å². The lowest BCUT2D eigenvalue weighted by molar-refractivity contribution is -0.139. The van der Waals surface area contributed by atoms with Crippen molar-refractivity contribution in [3.63, 3.8) is 0 Å². The van der Waals surface area contributed by atoms with Crippen molar-refractivity contribution in [1.82, 2.24) is 15.1 Å². The predicted octanol–water partition coefficient (Wildman–Crippen LogP) is 1.68. The fourth-order valence-corrected chi connectivity index (χ4v) is 2.98. The van der Waals surface area contributed by atoms with Crippen LogP contribution in [0.5, 0.6) is 0 Å². The van der Waals surface area contributed by atoms with Crippen molar-refractivity contribution in [3.8, 4) is 0 Å². The van der Waals surface area contributed by atoms with Gasteiger partial charge in [0, 0.05) is 26.2 Å². The molecule has 0 unspecified atom stereocenters. The number of nitrogens with zero attached hydrogens (tertiary/aromatic N) is 2. The zero-order valence-electron chi connectivity index (χ0n) is 15.0. The average Bonchev–Trinajstić information content (AvgIpc) is 2.57. The normalized spacial score (nSPS) is 18.5. The van der Waals surface area contributed by atoms with Crippen molar-refractivity contribution in [2.24, 2.45) is 0 Å². The Morgan fingerprint density at radius 2 is 2.04 bits per heavy atom. The van der Waals surface area contributed by atoms with Crippen LogP contribution in [0.1, 0.15) is 32.3 Å². The van der Waals surface area contributed by atoms with Crippen LogP contribution < -0.4 is 5.32 Å². The van der Waals surface area contributed by atoms with E-state index < -0.39 is 0 Å². The molecule has 0 radical (unpaired) electrons. The Kier molecular flexibility index (Phi) is 6.79. The molecule has 2 amide bonds. The van der Waals surface area contributed by atoms with Gasteiger partial charge in [0.1, 0.15) is 0 Å². The molecule has 1 aliphatic heterocycles. The predicted molar refractivity (Wildman–Crippen MR) is 95.7 cm³/mol. The Hall–Kier alpha value is -1.88. The Morgan fingerprint density at radius 1 is 1.33 bits per heavy atom. The first-order chi connectivity index (χ1) is 11.5. The molecule has 0 bridgehead atoms. The van der Waals surface area contributed by atoms with E-state index in [0.29, 0.717) is 6.54 Å². The number of hydrogen-bond donors (Lipinski definition) is 1. The fourth-order valence-electron chi connectivity index (χ4n) is 2.98. The SMILES string of the molecule is CC(C)N(C)C(=O)C[C@H]1C(=O)NCCN1CCCc1ccccc1. The lowest BCUT2D eigenvalue weighted by atomic mass is 10.1. The number of benzene rings is 1. The van der Waals surface area contributed by atoms with Gasteiger partial charge in [-0.25, -0.2) is 0 Å². The quantitative estimate of drug-likeness (QED) is 0.827. The lowest BCUT2D eigenvalue weighted by Gasteiger charge is -2.35. The first-order valence-electron chi connectivity index (χ1n) is 8.80. The highest BCUT2D eigenvalue weighted by atomic mass is 16.2. The Labute approximate surface area is 145 Å². The van der Waals surface area contributed by atoms with Gasteiger partial charge in [-0.05, 0) is 38.8 Å². The second kappa shape index (κ2) is 8.83. The number of carbonyl (C=O) groups excluding carboxylic acids is 2. The van der Waals surface area contributed by atoms with Crippen LogP contribution in [0.15, 0.2) is 30.3 Å². The molecule has 5 heteroatoms. The maximum Gasteiger partial charge on any atom is 0.237 e. The minimum absolute atomic E-state index is 0.0218. The van der Waals surface area contributed by atoms with Crippen LogP contribution in [0.2, 0.25) is 0 Å². The van der Waals surface area contributed by atoms with Crippen molar-refractivity contribution >= 4 is 11.8 Å². The summed E-state index contributed by atoms with van der Waals surface area (Å²) in [7, 11) is 1.80. The van der Waals surface area contributed by atoms with Crippen LogP contribution >= 0.6 is 0 Å². The van der Waals surface area contributed by atoms with Crippen molar-refractivity contribution in [2.75, 3.05) is 26.7 Å². The number of carbonyl (C=O) groups is 2. The van der Waals surface area contributed by atoms with Crippen LogP contribution in [0.25, 0.3) is 0 Å². The molecule has 2 rings (SSSR count). The maximum atomic E-state index is 12.4. The zero-order valence-corrected chi connectivity index (χ0v) is 15.0. The van der Waals surface area contributed by atoms with Gasteiger partial charge in [0.15, 0.2) is 0 Å². The van der Waals surface area contributed by atoms with Crippen molar-refractivity contribution in [1.29, 1.82) is 0 Å². The third-order valence-electron chi connectivity index (χ3n) is 4.73. The molecule has 0 aromatic heterocycles. The van der Waals surface area contributed by atoms with E-state index >= 15 is 0 Å². The highest BCUT2D eigenvalue weighted by Gasteiger charge is 2.32. The second-order valence-corrected chi connectivity index (χ2v) is 6.73. The number of hydrogen-bond acceptors (Lipinski definition) is 3. The molecule has 1 heterocycles. The zero-order chi connectivity index (χ0) is 17.5. The van der Waals surface area contributed by atoms with Gasteiger partial charge < -0.3 is 10.2 Å². The topological polar surface area (TPSA) is 52.7 Å². The van der Waals surface area contributed by atoms with E-state index in [1.165, 1.54) is 5.56 Å². The summed E-state index contributed by atoms with van der Waals surface area (Å²) in [6.07, 6.45) is 2.24. The van der Waals surface area contributed by atoms with Gasteiger partial charge in [0.25, 0.3) is 0 Å². The minimum Gasteiger partial charge on any atom is -0.353 e. The molecule has 1 atom stereocenters. The molecule has 24 heavy (non-hydrogen) atoms. The molecule has 1 aliphatic rings. The number of rotatable bonds is 7. The van der Waals surface area contributed by atoms with Crippen LogP contribution in [-0.2, 0) is 16.0 Å². The number of aryl methyl sites for hydroxylation is 1. The average molecular weight is 331 g/mol. The summed E-state index contributed by atoms with van der Waals surface area (Å²) in [5, 5.41) is 2.89. The number of piperazine rings is 1. The van der Waals surface area contributed by atoms with Gasteiger partial charge in [-0.3, -0.25) is 14.5 Å². The standard InChI is InChI=1S/C19H29N3O2/c1-15(2)21(3)18(23)14-17-19(24)20-11-13-22(17)12-7-10-16-8-5-4-6-9-16/h4-6,8-9,15,17H,7,10-14H2,1-3H3,(H,20,24)/t17-/m0/s1. The molecule has 1 saturated heterocycles. The second-order valence-electron chi connectivity index (χ2n) is 6.73. The minimum atomic E-state index is -0.344. The first kappa shape index (κ1) is 18.5. The van der Waals surface area contributed by atoms with Crippen LogP contribution in [-0.4, -0.2) is 60.4 Å². The number of nitrogens with one attached hydrogen (secondary N) is 1. The molecule has 5 nitrogen and oxygen atoms in total. The van der Waals surface area contributed by atoms with Gasteiger partial charge in [0.2, 0.25) is 11.8 Å². The highest BCUT2D eigenvalue weighted by Crippen LogP contribution is 2.13. The largest absolute Gasteiger partial charge is 0.353 e. The van der Waals surface area contributed by atoms with E-state index in [9.17, 15) is 9.59 Å². The fraction of sp³-hybridized carbons (Fsp3) is 0.579. The third-order valence-corrected chi connectivity index (χ3v) is 4.73. The van der Waals surface area contributed by atoms with Crippen LogP contribution in [0.4, 0.5) is 0 Å². The summed E-state index contributed by atoms with van der Waals surface area (Å²) in [5.74, 6) is 0.00609. The van der Waals surface area contributed by atoms with Gasteiger partial charge in [0.05, 0.1) is 12.5 Å². The van der Waals surface area contributed by atoms with Gasteiger partial charge in [-0.1, -0.05) is 30.3 Å². The van der Waals surface area contributed by atoms with Crippen molar-refractivity contribution in [2.45, 2.75) is 45.2 Å². The number of amides is 2. The molecule has 132 valence electrons. The van der Waals surface area contributed by atoms with Crippen molar-refractivity contribution in [3.05, 3.63) is 35.9 Å².